The second kappa shape index (κ2) is 6.93. The maximum atomic E-state index is 3.78. The summed E-state index contributed by atoms with van der Waals surface area (Å²) in [5.41, 5.74) is 3.17. The van der Waals surface area contributed by atoms with Crippen LogP contribution in [0.3, 0.4) is 0 Å². The lowest BCUT2D eigenvalue weighted by Crippen LogP contribution is -2.47. The van der Waals surface area contributed by atoms with Gasteiger partial charge in [0, 0.05) is 18.6 Å². The maximum absolute atomic E-state index is 3.78. The normalized spacial score (nSPS) is 28.7. The smallest absolute Gasteiger partial charge is 0.0220 e. The van der Waals surface area contributed by atoms with Crippen LogP contribution >= 0.6 is 0 Å². The van der Waals surface area contributed by atoms with Crippen LogP contribution < -0.4 is 5.32 Å². The summed E-state index contributed by atoms with van der Waals surface area (Å²) in [6.45, 7) is 8.42. The third-order valence-electron chi connectivity index (χ3n) is 5.63. The Morgan fingerprint density at radius 3 is 2.90 bits per heavy atom. The Morgan fingerprint density at radius 2 is 2.10 bits per heavy atom. The number of aryl methyl sites for hydroxylation is 1. The maximum Gasteiger partial charge on any atom is 0.0220 e. The Bertz CT molecular complexity index is 457. The molecule has 2 heteroatoms. The molecule has 21 heavy (non-hydrogen) atoms. The van der Waals surface area contributed by atoms with Gasteiger partial charge in [-0.1, -0.05) is 44.5 Å². The molecule has 3 rings (SSSR count). The van der Waals surface area contributed by atoms with E-state index < -0.39 is 0 Å². The largest absolute Gasteiger partial charge is 0.312 e. The van der Waals surface area contributed by atoms with Crippen LogP contribution in [0.25, 0.3) is 0 Å². The Kier molecular flexibility index (Phi) is 4.97. The molecule has 0 radical (unpaired) electrons. The molecule has 0 spiro atoms. The highest BCUT2D eigenvalue weighted by atomic mass is 15.2. The van der Waals surface area contributed by atoms with Gasteiger partial charge in [0.1, 0.15) is 0 Å². The standard InChI is InChI=1S/C19H30N2/c1-3-15(2)19-14-21(12-6-11-20-19)18-10-9-16-7-4-5-8-17(16)13-18/h4-5,7-8,15,18-20H,3,6,9-14H2,1-2H3. The molecular weight excluding hydrogens is 256 g/mol. The number of benzene rings is 1. The molecule has 0 bridgehead atoms. The molecule has 1 heterocycles. The van der Waals surface area contributed by atoms with E-state index in [2.05, 4.69) is 48.3 Å². The van der Waals surface area contributed by atoms with Gasteiger partial charge in [-0.3, -0.25) is 4.90 Å². The van der Waals surface area contributed by atoms with Crippen molar-refractivity contribution < 1.29 is 0 Å². The molecule has 0 amide bonds. The van der Waals surface area contributed by atoms with Gasteiger partial charge in [-0.25, -0.2) is 0 Å². The van der Waals surface area contributed by atoms with Gasteiger partial charge in [0.15, 0.2) is 0 Å². The van der Waals surface area contributed by atoms with Crippen molar-refractivity contribution in [2.45, 2.75) is 58.0 Å². The van der Waals surface area contributed by atoms with Crippen LogP contribution in [0.15, 0.2) is 24.3 Å². The molecule has 1 saturated heterocycles. The molecule has 1 fully saturated rings. The van der Waals surface area contributed by atoms with Crippen LogP contribution in [0.5, 0.6) is 0 Å². The average molecular weight is 286 g/mol. The minimum absolute atomic E-state index is 0.676. The third kappa shape index (κ3) is 3.49. The predicted molar refractivity (Wildman–Crippen MR) is 89.7 cm³/mol. The lowest BCUT2D eigenvalue weighted by molar-refractivity contribution is 0.163. The summed E-state index contributed by atoms with van der Waals surface area (Å²) in [6.07, 6.45) is 6.43. The summed E-state index contributed by atoms with van der Waals surface area (Å²) in [7, 11) is 0. The van der Waals surface area contributed by atoms with Crippen molar-refractivity contribution in [3.8, 4) is 0 Å². The van der Waals surface area contributed by atoms with Crippen molar-refractivity contribution in [3.05, 3.63) is 35.4 Å². The summed E-state index contributed by atoms with van der Waals surface area (Å²) >= 11 is 0. The summed E-state index contributed by atoms with van der Waals surface area (Å²) in [5.74, 6) is 0.779. The summed E-state index contributed by atoms with van der Waals surface area (Å²) in [6, 6.07) is 10.5. The predicted octanol–water partition coefficient (Wildman–Crippen LogP) is 3.25. The first-order chi connectivity index (χ1) is 10.3. The molecule has 3 atom stereocenters. The quantitative estimate of drug-likeness (QED) is 0.917. The number of hydrogen-bond donors (Lipinski definition) is 1. The lowest BCUT2D eigenvalue weighted by Gasteiger charge is -2.37. The fraction of sp³-hybridized carbons (Fsp3) is 0.684. The number of nitrogens with zero attached hydrogens (tertiary/aromatic N) is 1. The van der Waals surface area contributed by atoms with Crippen molar-refractivity contribution in [1.82, 2.24) is 10.2 Å². The molecule has 1 aromatic carbocycles. The molecule has 1 aliphatic heterocycles. The summed E-state index contributed by atoms with van der Waals surface area (Å²) < 4.78 is 0. The van der Waals surface area contributed by atoms with Gasteiger partial charge in [0.2, 0.25) is 0 Å². The van der Waals surface area contributed by atoms with E-state index in [9.17, 15) is 0 Å². The zero-order chi connectivity index (χ0) is 14.7. The van der Waals surface area contributed by atoms with Gasteiger partial charge in [-0.05, 0) is 55.8 Å². The van der Waals surface area contributed by atoms with Crippen LogP contribution in [0.4, 0.5) is 0 Å². The first-order valence-electron chi connectivity index (χ1n) is 8.82. The van der Waals surface area contributed by atoms with Crippen molar-refractivity contribution in [2.24, 2.45) is 5.92 Å². The van der Waals surface area contributed by atoms with Crippen molar-refractivity contribution in [2.75, 3.05) is 19.6 Å². The van der Waals surface area contributed by atoms with E-state index >= 15 is 0 Å². The van der Waals surface area contributed by atoms with Gasteiger partial charge in [-0.15, -0.1) is 0 Å². The molecule has 3 unspecified atom stereocenters. The van der Waals surface area contributed by atoms with E-state index in [4.69, 9.17) is 0 Å². The van der Waals surface area contributed by atoms with E-state index in [0.29, 0.717) is 6.04 Å². The molecule has 0 aromatic heterocycles. The monoisotopic (exact) mass is 286 g/mol. The van der Waals surface area contributed by atoms with Gasteiger partial charge < -0.3 is 5.32 Å². The second-order valence-corrected chi connectivity index (χ2v) is 6.96. The number of fused-ring (bicyclic) bond motifs is 1. The first-order valence-corrected chi connectivity index (χ1v) is 8.82. The van der Waals surface area contributed by atoms with Crippen LogP contribution in [-0.4, -0.2) is 36.6 Å². The highest BCUT2D eigenvalue weighted by molar-refractivity contribution is 5.30. The summed E-state index contributed by atoms with van der Waals surface area (Å²) in [5, 5.41) is 3.78. The molecule has 0 saturated carbocycles. The fourth-order valence-electron chi connectivity index (χ4n) is 3.97. The molecule has 1 aromatic rings. The van der Waals surface area contributed by atoms with Crippen LogP contribution in [-0.2, 0) is 12.8 Å². The number of hydrogen-bond acceptors (Lipinski definition) is 2. The van der Waals surface area contributed by atoms with Crippen LogP contribution in [0.2, 0.25) is 0 Å². The number of rotatable bonds is 3. The van der Waals surface area contributed by atoms with Gasteiger partial charge >= 0.3 is 0 Å². The molecule has 1 N–H and O–H groups in total. The van der Waals surface area contributed by atoms with E-state index in [1.54, 1.807) is 11.1 Å². The average Bonchev–Trinajstić information content (AvgIpc) is 2.80. The zero-order valence-corrected chi connectivity index (χ0v) is 13.6. The molecular formula is C19H30N2. The minimum atomic E-state index is 0.676. The van der Waals surface area contributed by atoms with Crippen molar-refractivity contribution >= 4 is 0 Å². The van der Waals surface area contributed by atoms with Gasteiger partial charge in [0.05, 0.1) is 0 Å². The fourth-order valence-corrected chi connectivity index (χ4v) is 3.97. The van der Waals surface area contributed by atoms with Crippen molar-refractivity contribution in [3.63, 3.8) is 0 Å². The first kappa shape index (κ1) is 15.1. The van der Waals surface area contributed by atoms with E-state index in [1.165, 1.54) is 51.7 Å². The molecule has 2 aliphatic rings. The SMILES string of the molecule is CCC(C)C1CN(C2CCc3ccccc3C2)CCCN1. The Morgan fingerprint density at radius 1 is 1.29 bits per heavy atom. The topological polar surface area (TPSA) is 15.3 Å². The van der Waals surface area contributed by atoms with E-state index in [-0.39, 0.29) is 0 Å². The molecule has 2 nitrogen and oxygen atoms in total. The van der Waals surface area contributed by atoms with E-state index in [0.717, 1.165) is 12.0 Å². The lowest BCUT2D eigenvalue weighted by atomic mass is 9.87. The molecule has 1 aliphatic carbocycles. The Balaban J connectivity index is 1.68. The van der Waals surface area contributed by atoms with Crippen molar-refractivity contribution in [1.29, 1.82) is 0 Å². The second-order valence-electron chi connectivity index (χ2n) is 6.96. The van der Waals surface area contributed by atoms with Gasteiger partial charge in [-0.2, -0.15) is 0 Å². The molecule has 116 valence electrons. The Hall–Kier alpha value is -0.860. The van der Waals surface area contributed by atoms with Crippen LogP contribution in [0.1, 0.15) is 44.2 Å². The highest BCUT2D eigenvalue weighted by Gasteiger charge is 2.28. The number of nitrogens with one attached hydrogen (secondary N) is 1. The Labute approximate surface area is 129 Å². The van der Waals surface area contributed by atoms with Gasteiger partial charge in [0.25, 0.3) is 0 Å². The zero-order valence-electron chi connectivity index (χ0n) is 13.6. The highest BCUT2D eigenvalue weighted by Crippen LogP contribution is 2.26. The van der Waals surface area contributed by atoms with E-state index in [1.807, 2.05) is 0 Å². The van der Waals surface area contributed by atoms with Crippen LogP contribution in [0, 0.1) is 5.92 Å². The third-order valence-corrected chi connectivity index (χ3v) is 5.63. The minimum Gasteiger partial charge on any atom is -0.312 e. The summed E-state index contributed by atoms with van der Waals surface area (Å²) in [4.78, 5) is 2.78.